The highest BCUT2D eigenvalue weighted by Gasteiger charge is 2.30. The van der Waals surface area contributed by atoms with Crippen LogP contribution in [0.2, 0.25) is 0 Å². The van der Waals surface area contributed by atoms with E-state index in [1.54, 1.807) is 0 Å². The molecule has 2 heterocycles. The van der Waals surface area contributed by atoms with Crippen molar-refractivity contribution in [1.29, 1.82) is 0 Å². The first-order chi connectivity index (χ1) is 9.96. The van der Waals surface area contributed by atoms with Crippen molar-refractivity contribution < 1.29 is 9.53 Å². The van der Waals surface area contributed by atoms with Gasteiger partial charge in [-0.05, 0) is 32.4 Å². The van der Waals surface area contributed by atoms with E-state index in [4.69, 9.17) is 4.74 Å². The molecule has 0 radical (unpaired) electrons. The topological polar surface area (TPSA) is 45.3 Å². The van der Waals surface area contributed by atoms with E-state index in [0.29, 0.717) is 26.1 Å². The Morgan fingerprint density at radius 2 is 2.14 bits per heavy atom. The number of para-hydroxylation sites is 1. The fourth-order valence-electron chi connectivity index (χ4n) is 3.05. The van der Waals surface area contributed by atoms with Crippen molar-refractivity contribution in [2.24, 2.45) is 0 Å². The van der Waals surface area contributed by atoms with E-state index in [2.05, 4.69) is 11.1 Å². The molecule has 1 N–H and O–H groups in total. The number of aromatic amines is 1. The molecule has 0 bridgehead atoms. The number of morpholine rings is 1. The highest BCUT2D eigenvalue weighted by Crippen LogP contribution is 2.24. The SMILES string of the molecule is Cc1[nH]c2ccccc2c1CC(=O)N1CCOC(C)(C)C1. The monoisotopic (exact) mass is 286 g/mol. The molecule has 1 aliphatic rings. The first kappa shape index (κ1) is 14.1. The minimum atomic E-state index is -0.247. The van der Waals surface area contributed by atoms with Gasteiger partial charge in [0.25, 0.3) is 0 Å². The van der Waals surface area contributed by atoms with Crippen molar-refractivity contribution in [3.63, 3.8) is 0 Å². The summed E-state index contributed by atoms with van der Waals surface area (Å²) in [5.41, 5.74) is 3.04. The van der Waals surface area contributed by atoms with Crippen LogP contribution >= 0.6 is 0 Å². The van der Waals surface area contributed by atoms with Crippen molar-refractivity contribution in [2.75, 3.05) is 19.7 Å². The molecule has 1 amide bonds. The molecule has 0 spiro atoms. The number of ether oxygens (including phenoxy) is 1. The average Bonchev–Trinajstić information content (AvgIpc) is 2.74. The minimum absolute atomic E-state index is 0.180. The highest BCUT2D eigenvalue weighted by molar-refractivity contribution is 5.90. The summed E-state index contributed by atoms with van der Waals surface area (Å²) in [7, 11) is 0. The van der Waals surface area contributed by atoms with Gasteiger partial charge >= 0.3 is 0 Å². The number of H-pyrrole nitrogens is 1. The van der Waals surface area contributed by atoms with E-state index in [0.717, 1.165) is 22.2 Å². The summed E-state index contributed by atoms with van der Waals surface area (Å²) in [6.07, 6.45) is 0.450. The van der Waals surface area contributed by atoms with Gasteiger partial charge in [0.2, 0.25) is 5.91 Å². The van der Waals surface area contributed by atoms with Crippen LogP contribution in [-0.2, 0) is 16.0 Å². The standard InChI is InChI=1S/C17H22N2O2/c1-12-14(13-6-4-5-7-15(13)18-12)10-16(20)19-8-9-21-17(2,3)11-19/h4-7,18H,8-11H2,1-3H3. The first-order valence-electron chi connectivity index (χ1n) is 7.44. The third-order valence-electron chi connectivity index (χ3n) is 4.13. The van der Waals surface area contributed by atoms with Gasteiger partial charge < -0.3 is 14.6 Å². The number of nitrogens with zero attached hydrogens (tertiary/aromatic N) is 1. The van der Waals surface area contributed by atoms with Gasteiger partial charge in [-0.15, -0.1) is 0 Å². The third-order valence-corrected chi connectivity index (χ3v) is 4.13. The predicted molar refractivity (Wildman–Crippen MR) is 83.4 cm³/mol. The third kappa shape index (κ3) is 2.81. The van der Waals surface area contributed by atoms with Gasteiger partial charge in [0.05, 0.1) is 18.6 Å². The van der Waals surface area contributed by atoms with Crippen LogP contribution < -0.4 is 0 Å². The lowest BCUT2D eigenvalue weighted by molar-refractivity contribution is -0.145. The van der Waals surface area contributed by atoms with Gasteiger partial charge in [-0.25, -0.2) is 0 Å². The molecule has 1 fully saturated rings. The summed E-state index contributed by atoms with van der Waals surface area (Å²) >= 11 is 0. The van der Waals surface area contributed by atoms with Gasteiger partial charge in [-0.1, -0.05) is 18.2 Å². The largest absolute Gasteiger partial charge is 0.372 e. The molecule has 2 aromatic rings. The molecule has 0 atom stereocenters. The van der Waals surface area contributed by atoms with E-state index in [-0.39, 0.29) is 11.5 Å². The highest BCUT2D eigenvalue weighted by atomic mass is 16.5. The Morgan fingerprint density at radius 3 is 2.90 bits per heavy atom. The number of hydrogen-bond donors (Lipinski definition) is 1. The van der Waals surface area contributed by atoms with Gasteiger partial charge in [-0.3, -0.25) is 4.79 Å². The lowest BCUT2D eigenvalue weighted by Crippen LogP contribution is -2.51. The second kappa shape index (κ2) is 5.19. The number of carbonyl (C=O) groups is 1. The molecule has 1 aromatic carbocycles. The molecule has 4 nitrogen and oxygen atoms in total. The van der Waals surface area contributed by atoms with Crippen LogP contribution in [-0.4, -0.2) is 41.1 Å². The number of aryl methyl sites for hydroxylation is 1. The quantitative estimate of drug-likeness (QED) is 0.922. The summed E-state index contributed by atoms with van der Waals surface area (Å²) in [6.45, 7) is 8.06. The van der Waals surface area contributed by atoms with E-state index in [9.17, 15) is 4.79 Å². The second-order valence-corrected chi connectivity index (χ2v) is 6.37. The van der Waals surface area contributed by atoms with Gasteiger partial charge in [0, 0.05) is 29.7 Å². The smallest absolute Gasteiger partial charge is 0.227 e. The van der Waals surface area contributed by atoms with Crippen molar-refractivity contribution in [2.45, 2.75) is 32.8 Å². The van der Waals surface area contributed by atoms with E-state index in [1.807, 2.05) is 43.9 Å². The van der Waals surface area contributed by atoms with Crippen LogP contribution in [0, 0.1) is 6.92 Å². The van der Waals surface area contributed by atoms with Crippen LogP contribution in [0.25, 0.3) is 10.9 Å². The number of hydrogen-bond acceptors (Lipinski definition) is 2. The number of nitrogens with one attached hydrogen (secondary N) is 1. The Kier molecular flexibility index (Phi) is 3.49. The zero-order valence-corrected chi connectivity index (χ0v) is 12.9. The molecule has 1 aromatic heterocycles. The van der Waals surface area contributed by atoms with Crippen LogP contribution in [0.5, 0.6) is 0 Å². The van der Waals surface area contributed by atoms with Crippen molar-refractivity contribution in [1.82, 2.24) is 9.88 Å². The number of aromatic nitrogens is 1. The summed E-state index contributed by atoms with van der Waals surface area (Å²) in [5, 5.41) is 1.15. The van der Waals surface area contributed by atoms with E-state index >= 15 is 0 Å². The molecule has 0 aliphatic carbocycles. The number of rotatable bonds is 2. The Labute approximate surface area is 125 Å². The zero-order chi connectivity index (χ0) is 15.0. The Bertz CT molecular complexity index is 672. The molecular weight excluding hydrogens is 264 g/mol. The Balaban J connectivity index is 1.82. The molecule has 0 saturated carbocycles. The van der Waals surface area contributed by atoms with Crippen molar-refractivity contribution in [3.05, 3.63) is 35.5 Å². The van der Waals surface area contributed by atoms with Crippen LogP contribution in [0.1, 0.15) is 25.1 Å². The lowest BCUT2D eigenvalue weighted by atomic mass is 10.0. The molecular formula is C17H22N2O2. The molecule has 3 rings (SSSR count). The average molecular weight is 286 g/mol. The molecule has 21 heavy (non-hydrogen) atoms. The first-order valence-corrected chi connectivity index (χ1v) is 7.44. The maximum atomic E-state index is 12.6. The zero-order valence-electron chi connectivity index (χ0n) is 12.9. The molecule has 1 saturated heterocycles. The molecule has 0 unspecified atom stereocenters. The number of benzene rings is 1. The van der Waals surface area contributed by atoms with Crippen molar-refractivity contribution in [3.8, 4) is 0 Å². The van der Waals surface area contributed by atoms with Gasteiger partial charge in [0.1, 0.15) is 0 Å². The van der Waals surface area contributed by atoms with Crippen LogP contribution in [0.4, 0.5) is 0 Å². The minimum Gasteiger partial charge on any atom is -0.372 e. The van der Waals surface area contributed by atoms with Crippen molar-refractivity contribution >= 4 is 16.8 Å². The fourth-order valence-corrected chi connectivity index (χ4v) is 3.05. The summed E-state index contributed by atoms with van der Waals surface area (Å²) in [5.74, 6) is 0.180. The van der Waals surface area contributed by atoms with Crippen LogP contribution in [0.15, 0.2) is 24.3 Å². The summed E-state index contributed by atoms with van der Waals surface area (Å²) < 4.78 is 5.67. The van der Waals surface area contributed by atoms with Gasteiger partial charge in [0.15, 0.2) is 0 Å². The summed E-state index contributed by atoms with van der Waals surface area (Å²) in [6, 6.07) is 8.15. The predicted octanol–water partition coefficient (Wildman–Crippen LogP) is 2.66. The fraction of sp³-hybridized carbons (Fsp3) is 0.471. The maximum Gasteiger partial charge on any atom is 0.227 e. The summed E-state index contributed by atoms with van der Waals surface area (Å²) in [4.78, 5) is 17.9. The molecule has 1 aliphatic heterocycles. The van der Waals surface area contributed by atoms with Crippen LogP contribution in [0.3, 0.4) is 0 Å². The Morgan fingerprint density at radius 1 is 1.38 bits per heavy atom. The molecule has 112 valence electrons. The maximum absolute atomic E-state index is 12.6. The number of amides is 1. The van der Waals surface area contributed by atoms with E-state index in [1.165, 1.54) is 0 Å². The van der Waals surface area contributed by atoms with E-state index < -0.39 is 0 Å². The number of carbonyl (C=O) groups excluding carboxylic acids is 1. The second-order valence-electron chi connectivity index (χ2n) is 6.37. The number of fused-ring (bicyclic) bond motifs is 1. The van der Waals surface area contributed by atoms with Gasteiger partial charge in [-0.2, -0.15) is 0 Å². The lowest BCUT2D eigenvalue weighted by Gasteiger charge is -2.38. The normalized spacial score (nSPS) is 18.1. The Hall–Kier alpha value is -1.81. The molecule has 4 heteroatoms.